The molecule has 0 amide bonds. The first-order valence-corrected chi connectivity index (χ1v) is 5.90. The number of aliphatic hydroxyl groups excluding tert-OH is 1. The summed E-state index contributed by atoms with van der Waals surface area (Å²) in [4.78, 5) is 0. The van der Waals surface area contributed by atoms with E-state index < -0.39 is 23.2 Å². The highest BCUT2D eigenvalue weighted by Crippen LogP contribution is 2.40. The molecule has 2 rings (SSSR count). The van der Waals surface area contributed by atoms with Crippen LogP contribution in [0.4, 0.5) is 8.78 Å². The second kappa shape index (κ2) is 4.70. The maximum atomic E-state index is 13.6. The number of benzene rings is 1. The van der Waals surface area contributed by atoms with Gasteiger partial charge in [0.15, 0.2) is 11.6 Å². The number of hydrogen-bond acceptors (Lipinski definition) is 2. The number of nitrogens with two attached hydrogens (primary N) is 1. The molecule has 94 valence electrons. The predicted octanol–water partition coefficient (Wildman–Crippen LogP) is 2.00. The van der Waals surface area contributed by atoms with Gasteiger partial charge in [-0.3, -0.25) is 0 Å². The second-order valence-electron chi connectivity index (χ2n) is 4.86. The zero-order chi connectivity index (χ0) is 12.5. The first-order chi connectivity index (χ1) is 8.09. The van der Waals surface area contributed by atoms with E-state index in [1.54, 1.807) is 6.07 Å². The van der Waals surface area contributed by atoms with Gasteiger partial charge in [-0.05, 0) is 30.9 Å². The standard InChI is InChI=1S/C13H17F2NO/c14-10-4-1-3-9(12(10)15)7-13(8-16)6-2-5-11(13)17/h1,3-4,11,17H,2,5-8,16H2. The van der Waals surface area contributed by atoms with E-state index in [0.717, 1.165) is 18.9 Å². The van der Waals surface area contributed by atoms with Crippen LogP contribution in [0.3, 0.4) is 0 Å². The molecule has 0 bridgehead atoms. The van der Waals surface area contributed by atoms with Crippen molar-refractivity contribution in [2.45, 2.75) is 31.8 Å². The first-order valence-electron chi connectivity index (χ1n) is 5.90. The monoisotopic (exact) mass is 241 g/mol. The van der Waals surface area contributed by atoms with Crippen molar-refractivity contribution in [2.75, 3.05) is 6.54 Å². The zero-order valence-electron chi connectivity index (χ0n) is 9.63. The number of aliphatic hydroxyl groups is 1. The van der Waals surface area contributed by atoms with Gasteiger partial charge in [-0.15, -0.1) is 0 Å². The van der Waals surface area contributed by atoms with E-state index in [4.69, 9.17) is 5.73 Å². The van der Waals surface area contributed by atoms with Gasteiger partial charge in [0.05, 0.1) is 6.10 Å². The summed E-state index contributed by atoms with van der Waals surface area (Å²) in [6, 6.07) is 4.14. The Labute approximate surface area is 99.4 Å². The minimum Gasteiger partial charge on any atom is -0.392 e. The van der Waals surface area contributed by atoms with Crippen molar-refractivity contribution in [3.63, 3.8) is 0 Å². The van der Waals surface area contributed by atoms with Gasteiger partial charge in [0.2, 0.25) is 0 Å². The van der Waals surface area contributed by atoms with Gasteiger partial charge in [-0.1, -0.05) is 18.6 Å². The normalized spacial score (nSPS) is 28.6. The number of rotatable bonds is 3. The van der Waals surface area contributed by atoms with Crippen molar-refractivity contribution >= 4 is 0 Å². The molecule has 1 saturated carbocycles. The van der Waals surface area contributed by atoms with E-state index in [0.29, 0.717) is 24.9 Å². The van der Waals surface area contributed by atoms with Crippen LogP contribution < -0.4 is 5.73 Å². The minimum atomic E-state index is -0.845. The Hall–Kier alpha value is -1.00. The second-order valence-corrected chi connectivity index (χ2v) is 4.86. The molecule has 1 aliphatic rings. The molecule has 3 N–H and O–H groups in total. The quantitative estimate of drug-likeness (QED) is 0.850. The lowest BCUT2D eigenvalue weighted by Crippen LogP contribution is -2.39. The zero-order valence-corrected chi connectivity index (χ0v) is 9.63. The molecule has 2 unspecified atom stereocenters. The smallest absolute Gasteiger partial charge is 0.162 e. The van der Waals surface area contributed by atoms with Gasteiger partial charge >= 0.3 is 0 Å². The highest BCUT2D eigenvalue weighted by Gasteiger charge is 2.41. The molecule has 1 fully saturated rings. The SMILES string of the molecule is NCC1(Cc2cccc(F)c2F)CCCC1O. The van der Waals surface area contributed by atoms with Crippen molar-refractivity contribution in [2.24, 2.45) is 11.1 Å². The van der Waals surface area contributed by atoms with E-state index in [-0.39, 0.29) is 0 Å². The molecule has 4 heteroatoms. The highest BCUT2D eigenvalue weighted by atomic mass is 19.2. The summed E-state index contributed by atoms with van der Waals surface area (Å²) in [7, 11) is 0. The summed E-state index contributed by atoms with van der Waals surface area (Å²) in [6.45, 7) is 0.296. The Morgan fingerprint density at radius 1 is 1.41 bits per heavy atom. The maximum Gasteiger partial charge on any atom is 0.162 e. The average Bonchev–Trinajstić information content (AvgIpc) is 2.67. The lowest BCUT2D eigenvalue weighted by Gasteiger charge is -2.31. The van der Waals surface area contributed by atoms with Crippen LogP contribution in [-0.4, -0.2) is 17.8 Å². The molecule has 0 aromatic heterocycles. The minimum absolute atomic E-state index is 0.296. The lowest BCUT2D eigenvalue weighted by atomic mass is 9.78. The molecule has 0 heterocycles. The maximum absolute atomic E-state index is 13.6. The Morgan fingerprint density at radius 2 is 2.18 bits per heavy atom. The summed E-state index contributed by atoms with van der Waals surface area (Å²) in [6.07, 6.45) is 2.12. The Kier molecular flexibility index (Phi) is 3.45. The molecule has 2 nitrogen and oxygen atoms in total. The Morgan fingerprint density at radius 3 is 2.76 bits per heavy atom. The Balaban J connectivity index is 2.27. The summed E-state index contributed by atoms with van der Waals surface area (Å²) < 4.78 is 26.7. The van der Waals surface area contributed by atoms with E-state index in [2.05, 4.69) is 0 Å². The van der Waals surface area contributed by atoms with Crippen LogP contribution in [0.5, 0.6) is 0 Å². The predicted molar refractivity (Wildman–Crippen MR) is 61.4 cm³/mol. The van der Waals surface area contributed by atoms with Crippen LogP contribution in [0.1, 0.15) is 24.8 Å². The fourth-order valence-electron chi connectivity index (χ4n) is 2.70. The third-order valence-electron chi connectivity index (χ3n) is 3.84. The summed E-state index contributed by atoms with van der Waals surface area (Å²) >= 11 is 0. The van der Waals surface area contributed by atoms with E-state index in [1.165, 1.54) is 6.07 Å². The van der Waals surface area contributed by atoms with Gasteiger partial charge in [0, 0.05) is 12.0 Å². The van der Waals surface area contributed by atoms with Crippen molar-refractivity contribution in [3.8, 4) is 0 Å². The molecule has 1 aromatic carbocycles. The molecule has 0 aliphatic heterocycles. The Bertz CT molecular complexity index is 410. The lowest BCUT2D eigenvalue weighted by molar-refractivity contribution is 0.0581. The third kappa shape index (κ3) is 2.19. The summed E-state index contributed by atoms with van der Waals surface area (Å²) in [5, 5.41) is 9.96. The van der Waals surface area contributed by atoms with Gasteiger partial charge in [0.1, 0.15) is 0 Å². The molecular formula is C13H17F2NO. The fraction of sp³-hybridized carbons (Fsp3) is 0.538. The topological polar surface area (TPSA) is 46.2 Å². The van der Waals surface area contributed by atoms with Gasteiger partial charge in [-0.25, -0.2) is 8.78 Å². The molecule has 0 spiro atoms. The molecule has 2 atom stereocenters. The van der Waals surface area contributed by atoms with Crippen molar-refractivity contribution < 1.29 is 13.9 Å². The molecular weight excluding hydrogens is 224 g/mol. The first kappa shape index (κ1) is 12.5. The molecule has 0 saturated heterocycles. The van der Waals surface area contributed by atoms with E-state index in [9.17, 15) is 13.9 Å². The van der Waals surface area contributed by atoms with Gasteiger partial charge in [0.25, 0.3) is 0 Å². The van der Waals surface area contributed by atoms with Crippen LogP contribution >= 0.6 is 0 Å². The van der Waals surface area contributed by atoms with Gasteiger partial charge in [-0.2, -0.15) is 0 Å². The number of halogens is 2. The van der Waals surface area contributed by atoms with Gasteiger partial charge < -0.3 is 10.8 Å². The third-order valence-corrected chi connectivity index (χ3v) is 3.84. The average molecular weight is 241 g/mol. The summed E-state index contributed by atoms with van der Waals surface area (Å²) in [5.41, 5.74) is 5.53. The molecule has 1 aliphatic carbocycles. The van der Waals surface area contributed by atoms with Crippen LogP contribution in [0, 0.1) is 17.0 Å². The molecule has 0 radical (unpaired) electrons. The number of hydrogen-bond donors (Lipinski definition) is 2. The van der Waals surface area contributed by atoms with Crippen molar-refractivity contribution in [1.82, 2.24) is 0 Å². The van der Waals surface area contributed by atoms with Crippen molar-refractivity contribution in [3.05, 3.63) is 35.4 Å². The van der Waals surface area contributed by atoms with Crippen LogP contribution in [0.2, 0.25) is 0 Å². The summed E-state index contributed by atoms with van der Waals surface area (Å²) in [5.74, 6) is -1.67. The fourth-order valence-corrected chi connectivity index (χ4v) is 2.70. The van der Waals surface area contributed by atoms with Crippen LogP contribution in [-0.2, 0) is 6.42 Å². The molecule has 17 heavy (non-hydrogen) atoms. The van der Waals surface area contributed by atoms with E-state index in [1.807, 2.05) is 0 Å². The molecule has 1 aromatic rings. The van der Waals surface area contributed by atoms with E-state index >= 15 is 0 Å². The van der Waals surface area contributed by atoms with Crippen LogP contribution in [0.15, 0.2) is 18.2 Å². The largest absolute Gasteiger partial charge is 0.392 e. The highest BCUT2D eigenvalue weighted by molar-refractivity contribution is 5.21. The van der Waals surface area contributed by atoms with Crippen LogP contribution in [0.25, 0.3) is 0 Å². The van der Waals surface area contributed by atoms with Crippen molar-refractivity contribution in [1.29, 1.82) is 0 Å².